The number of aliphatic hydroxyl groups is 1. The molecule has 2 N–H and O–H groups in total. The molecule has 0 bridgehead atoms. The van der Waals surface area contributed by atoms with E-state index in [2.05, 4.69) is 10.3 Å². The Balaban J connectivity index is 2.38. The van der Waals surface area contributed by atoms with Crippen LogP contribution in [0.5, 0.6) is 0 Å². The first-order valence-corrected chi connectivity index (χ1v) is 5.30. The Hall–Kier alpha value is -0.870. The van der Waals surface area contributed by atoms with E-state index in [1.54, 1.807) is 0 Å². The number of aryl methyl sites for hydroxylation is 2. The number of hydrogen-bond acceptors (Lipinski definition) is 4. The van der Waals surface area contributed by atoms with Crippen molar-refractivity contribution in [1.29, 1.82) is 0 Å². The number of nitrogens with one attached hydrogen (secondary N) is 1. The predicted molar refractivity (Wildman–Crippen MR) is 58.6 cm³/mol. The third-order valence-corrected chi connectivity index (χ3v) is 2.62. The highest BCUT2D eigenvalue weighted by atomic mass is 16.4. The van der Waals surface area contributed by atoms with Gasteiger partial charge in [-0.15, -0.1) is 0 Å². The maximum atomic E-state index is 9.75. The maximum Gasteiger partial charge on any atom is 0.208 e. The second-order valence-corrected chi connectivity index (χ2v) is 4.20. The number of oxazole rings is 1. The van der Waals surface area contributed by atoms with Gasteiger partial charge in [-0.3, -0.25) is 0 Å². The monoisotopic (exact) mass is 212 g/mol. The molecule has 1 rings (SSSR count). The molecule has 0 aliphatic rings. The Morgan fingerprint density at radius 3 is 2.60 bits per heavy atom. The van der Waals surface area contributed by atoms with Gasteiger partial charge in [0.05, 0.1) is 17.8 Å². The zero-order chi connectivity index (χ0) is 11.5. The lowest BCUT2D eigenvalue weighted by Crippen LogP contribution is -2.36. The van der Waals surface area contributed by atoms with Crippen LogP contribution in [0.25, 0.3) is 0 Å². The summed E-state index contributed by atoms with van der Waals surface area (Å²) in [4.78, 5) is 4.24. The molecule has 1 unspecified atom stereocenters. The summed E-state index contributed by atoms with van der Waals surface area (Å²) in [5.74, 6) is 1.53. The average molecular weight is 212 g/mol. The fourth-order valence-corrected chi connectivity index (χ4v) is 1.18. The van der Waals surface area contributed by atoms with E-state index < -0.39 is 5.60 Å². The Morgan fingerprint density at radius 2 is 2.13 bits per heavy atom. The van der Waals surface area contributed by atoms with Crippen LogP contribution in [0, 0.1) is 13.8 Å². The van der Waals surface area contributed by atoms with Gasteiger partial charge in [0.25, 0.3) is 0 Å². The summed E-state index contributed by atoms with van der Waals surface area (Å²) in [6, 6.07) is 0. The topological polar surface area (TPSA) is 58.3 Å². The van der Waals surface area contributed by atoms with Gasteiger partial charge in [0.2, 0.25) is 5.89 Å². The molecular weight excluding hydrogens is 192 g/mol. The molecule has 0 fully saturated rings. The van der Waals surface area contributed by atoms with Crippen molar-refractivity contribution in [3.05, 3.63) is 17.3 Å². The van der Waals surface area contributed by atoms with Crippen LogP contribution < -0.4 is 5.32 Å². The minimum Gasteiger partial charge on any atom is -0.444 e. The van der Waals surface area contributed by atoms with Crippen LogP contribution in [0.1, 0.15) is 37.6 Å². The van der Waals surface area contributed by atoms with Crippen molar-refractivity contribution in [2.75, 3.05) is 6.54 Å². The van der Waals surface area contributed by atoms with E-state index in [1.165, 1.54) is 0 Å². The highest BCUT2D eigenvalue weighted by Crippen LogP contribution is 2.09. The summed E-state index contributed by atoms with van der Waals surface area (Å²) in [6.07, 6.45) is 0.726. The third kappa shape index (κ3) is 3.64. The van der Waals surface area contributed by atoms with E-state index in [0.717, 1.165) is 17.9 Å². The maximum absolute atomic E-state index is 9.75. The standard InChI is InChI=1S/C11H20N2O2/c1-5-11(4,14)7-12-6-10-13-8(2)9(3)15-10/h12,14H,5-7H2,1-4H3. The fraction of sp³-hybridized carbons (Fsp3) is 0.727. The molecule has 0 amide bonds. The summed E-state index contributed by atoms with van der Waals surface area (Å²) in [6.45, 7) is 8.70. The normalized spacial score (nSPS) is 15.3. The van der Waals surface area contributed by atoms with Crippen molar-refractivity contribution in [2.45, 2.75) is 46.3 Å². The van der Waals surface area contributed by atoms with Gasteiger partial charge in [0.15, 0.2) is 0 Å². The van der Waals surface area contributed by atoms with Gasteiger partial charge >= 0.3 is 0 Å². The van der Waals surface area contributed by atoms with E-state index in [-0.39, 0.29) is 0 Å². The Morgan fingerprint density at radius 1 is 1.47 bits per heavy atom. The molecule has 86 valence electrons. The number of aromatic nitrogens is 1. The van der Waals surface area contributed by atoms with E-state index in [9.17, 15) is 5.11 Å². The van der Waals surface area contributed by atoms with Gasteiger partial charge in [0.1, 0.15) is 5.76 Å². The summed E-state index contributed by atoms with van der Waals surface area (Å²) in [5.41, 5.74) is 0.269. The molecule has 1 heterocycles. The molecule has 0 aromatic carbocycles. The van der Waals surface area contributed by atoms with Crippen LogP contribution >= 0.6 is 0 Å². The zero-order valence-corrected chi connectivity index (χ0v) is 9.92. The molecule has 1 aromatic rings. The van der Waals surface area contributed by atoms with Crippen molar-refractivity contribution in [1.82, 2.24) is 10.3 Å². The quantitative estimate of drug-likeness (QED) is 0.777. The second-order valence-electron chi connectivity index (χ2n) is 4.20. The smallest absolute Gasteiger partial charge is 0.208 e. The molecule has 4 nitrogen and oxygen atoms in total. The Bertz CT molecular complexity index is 299. The van der Waals surface area contributed by atoms with Crippen molar-refractivity contribution in [3.8, 4) is 0 Å². The number of hydrogen-bond donors (Lipinski definition) is 2. The molecule has 1 aromatic heterocycles. The van der Waals surface area contributed by atoms with Crippen molar-refractivity contribution < 1.29 is 9.52 Å². The SMILES string of the molecule is CCC(C)(O)CNCc1nc(C)c(C)o1. The van der Waals surface area contributed by atoms with Gasteiger partial charge in [-0.1, -0.05) is 6.92 Å². The molecule has 0 aliphatic carbocycles. The van der Waals surface area contributed by atoms with Gasteiger partial charge in [-0.2, -0.15) is 0 Å². The van der Waals surface area contributed by atoms with Gasteiger partial charge in [0, 0.05) is 6.54 Å². The van der Waals surface area contributed by atoms with Crippen molar-refractivity contribution in [2.24, 2.45) is 0 Å². The van der Waals surface area contributed by atoms with Crippen LogP contribution in [0.15, 0.2) is 4.42 Å². The molecular formula is C11H20N2O2. The minimum absolute atomic E-state index is 0.546. The summed E-state index contributed by atoms with van der Waals surface area (Å²) < 4.78 is 5.41. The third-order valence-electron chi connectivity index (χ3n) is 2.62. The van der Waals surface area contributed by atoms with Crippen molar-refractivity contribution >= 4 is 0 Å². The Labute approximate surface area is 90.7 Å². The molecule has 15 heavy (non-hydrogen) atoms. The molecule has 4 heteroatoms. The van der Waals surface area contributed by atoms with E-state index in [4.69, 9.17) is 4.42 Å². The molecule has 0 saturated carbocycles. The van der Waals surface area contributed by atoms with Crippen LogP contribution in [0.3, 0.4) is 0 Å². The number of rotatable bonds is 5. The largest absolute Gasteiger partial charge is 0.444 e. The summed E-state index contributed by atoms with van der Waals surface area (Å²) in [7, 11) is 0. The van der Waals surface area contributed by atoms with Gasteiger partial charge in [-0.25, -0.2) is 4.98 Å². The van der Waals surface area contributed by atoms with Crippen LogP contribution in [0.4, 0.5) is 0 Å². The van der Waals surface area contributed by atoms with E-state index in [1.807, 2.05) is 27.7 Å². The first-order valence-electron chi connectivity index (χ1n) is 5.30. The van der Waals surface area contributed by atoms with Crippen LogP contribution in [-0.2, 0) is 6.54 Å². The first kappa shape index (κ1) is 12.2. The average Bonchev–Trinajstić information content (AvgIpc) is 2.46. The lowest BCUT2D eigenvalue weighted by atomic mass is 10.0. The van der Waals surface area contributed by atoms with Gasteiger partial charge < -0.3 is 14.8 Å². The highest BCUT2D eigenvalue weighted by Gasteiger charge is 2.16. The molecule has 0 saturated heterocycles. The zero-order valence-electron chi connectivity index (χ0n) is 9.92. The van der Waals surface area contributed by atoms with Crippen LogP contribution in [-0.4, -0.2) is 22.2 Å². The lowest BCUT2D eigenvalue weighted by Gasteiger charge is -2.20. The first-order chi connectivity index (χ1) is 6.94. The number of nitrogens with zero attached hydrogens (tertiary/aromatic N) is 1. The fourth-order valence-electron chi connectivity index (χ4n) is 1.18. The van der Waals surface area contributed by atoms with Crippen LogP contribution in [0.2, 0.25) is 0 Å². The second kappa shape index (κ2) is 4.77. The van der Waals surface area contributed by atoms with E-state index >= 15 is 0 Å². The molecule has 0 spiro atoms. The van der Waals surface area contributed by atoms with E-state index in [0.29, 0.717) is 19.0 Å². The van der Waals surface area contributed by atoms with Gasteiger partial charge in [-0.05, 0) is 27.2 Å². The molecule has 0 radical (unpaired) electrons. The molecule has 0 aliphatic heterocycles. The predicted octanol–water partition coefficient (Wildman–Crippen LogP) is 1.54. The highest BCUT2D eigenvalue weighted by molar-refractivity contribution is 5.05. The summed E-state index contributed by atoms with van der Waals surface area (Å²) in [5, 5.41) is 12.9. The van der Waals surface area contributed by atoms with Crippen molar-refractivity contribution in [3.63, 3.8) is 0 Å². The Kier molecular flexibility index (Phi) is 3.88. The minimum atomic E-state index is -0.656. The summed E-state index contributed by atoms with van der Waals surface area (Å²) >= 11 is 0. The lowest BCUT2D eigenvalue weighted by molar-refractivity contribution is 0.0550. The molecule has 1 atom stereocenters.